The van der Waals surface area contributed by atoms with Gasteiger partial charge in [-0.25, -0.2) is 4.79 Å². The zero-order valence-corrected chi connectivity index (χ0v) is 24.4. The summed E-state index contributed by atoms with van der Waals surface area (Å²) in [6, 6.07) is 8.33. The molecule has 0 aliphatic carbocycles. The number of aliphatic hydroxyl groups excluding tert-OH is 1. The Balaban J connectivity index is 1.49. The van der Waals surface area contributed by atoms with E-state index in [1.165, 1.54) is 20.1 Å². The number of epoxide rings is 1. The van der Waals surface area contributed by atoms with Gasteiger partial charge in [0.15, 0.2) is 6.10 Å². The van der Waals surface area contributed by atoms with Crippen molar-refractivity contribution in [2.45, 2.75) is 57.6 Å². The minimum absolute atomic E-state index is 0.0725. The van der Waals surface area contributed by atoms with Crippen LogP contribution in [-0.2, 0) is 33.4 Å². The number of esters is 2. The average Bonchev–Trinajstić information content (AvgIpc) is 3.88. The number of aryl methyl sites for hydroxylation is 1. The molecule has 0 spiro atoms. The van der Waals surface area contributed by atoms with Crippen molar-refractivity contribution in [1.82, 2.24) is 15.5 Å². The van der Waals surface area contributed by atoms with Crippen LogP contribution in [0.1, 0.15) is 36.7 Å². The van der Waals surface area contributed by atoms with Gasteiger partial charge in [0.1, 0.15) is 28.9 Å². The summed E-state index contributed by atoms with van der Waals surface area (Å²) in [5.74, 6) is -3.19. The summed E-state index contributed by atoms with van der Waals surface area (Å²) in [6.07, 6.45) is -3.89. The average molecular weight is 596 g/mol. The second-order valence-corrected chi connectivity index (χ2v) is 11.1. The molecule has 2 amide bonds. The number of amides is 2. The number of nitrogens with zero attached hydrogens (tertiary/aromatic N) is 1. The van der Waals surface area contributed by atoms with Crippen LogP contribution in [0.3, 0.4) is 0 Å². The molecular formula is C30H33N3O10. The highest BCUT2D eigenvalue weighted by Gasteiger charge is 2.59. The molecule has 5 atom stereocenters. The van der Waals surface area contributed by atoms with Gasteiger partial charge in [-0.2, -0.15) is 0 Å². The molecule has 3 N–H and O–H groups in total. The van der Waals surface area contributed by atoms with Crippen LogP contribution in [0.4, 0.5) is 0 Å². The number of nitrogens with one attached hydrogen (secondary N) is 2. The summed E-state index contributed by atoms with van der Waals surface area (Å²) in [5, 5.41) is 17.0. The van der Waals surface area contributed by atoms with Crippen molar-refractivity contribution in [1.29, 1.82) is 0 Å². The van der Waals surface area contributed by atoms with Gasteiger partial charge in [0.2, 0.25) is 6.10 Å². The molecule has 5 rings (SSSR count). The highest BCUT2D eigenvalue weighted by atomic mass is 16.6. The molecule has 2 aromatic rings. The normalized spacial score (nSPS) is 25.3. The van der Waals surface area contributed by atoms with Crippen LogP contribution >= 0.6 is 0 Å². The molecule has 13 heteroatoms. The Morgan fingerprint density at radius 3 is 2.51 bits per heavy atom. The number of benzene rings is 2. The Hall–Kier alpha value is -4.49. The summed E-state index contributed by atoms with van der Waals surface area (Å²) in [6.45, 7) is 6.03. The van der Waals surface area contributed by atoms with Crippen LogP contribution in [0.2, 0.25) is 0 Å². The number of hydrogen-bond donors (Lipinski definition) is 3. The molecule has 43 heavy (non-hydrogen) atoms. The first-order chi connectivity index (χ1) is 20.3. The van der Waals surface area contributed by atoms with Gasteiger partial charge in [-0.1, -0.05) is 18.2 Å². The number of rotatable bonds is 10. The maximum Gasteiger partial charge on any atom is 0.339 e. The Morgan fingerprint density at radius 2 is 1.88 bits per heavy atom. The van der Waals surface area contributed by atoms with E-state index in [1.807, 2.05) is 13.0 Å². The SMILES string of the molecule is COc1cc(C(=O)O[C@H](C(=O)N/C(C(=O)NCC(C)=O)=C2\[C@@H](OC(C)=O)[C@H](O)C3CN23)[C@]2(C)CO2)c2cccc(C)c2c1. The molecule has 2 aromatic carbocycles. The van der Waals surface area contributed by atoms with Crippen molar-refractivity contribution in [3.05, 3.63) is 52.9 Å². The summed E-state index contributed by atoms with van der Waals surface area (Å²) in [5.41, 5.74) is -0.395. The van der Waals surface area contributed by atoms with Gasteiger partial charge in [-0.3, -0.25) is 19.2 Å². The van der Waals surface area contributed by atoms with Gasteiger partial charge >= 0.3 is 11.9 Å². The van der Waals surface area contributed by atoms with Crippen LogP contribution in [0.15, 0.2) is 41.7 Å². The first-order valence-corrected chi connectivity index (χ1v) is 13.7. The highest BCUT2D eigenvalue weighted by molar-refractivity contribution is 6.07. The number of aliphatic hydroxyl groups is 1. The zero-order chi connectivity index (χ0) is 31.2. The second-order valence-electron chi connectivity index (χ2n) is 11.1. The number of Topliss-reactive ketones (excluding diaryl/α,β-unsaturated/α-hetero) is 1. The number of fused-ring (bicyclic) bond motifs is 2. The molecule has 1 unspecified atom stereocenters. The zero-order valence-electron chi connectivity index (χ0n) is 24.4. The molecule has 228 valence electrons. The molecule has 13 nitrogen and oxygen atoms in total. The fourth-order valence-corrected chi connectivity index (χ4v) is 5.25. The smallest absolute Gasteiger partial charge is 0.339 e. The Kier molecular flexibility index (Phi) is 7.88. The van der Waals surface area contributed by atoms with Crippen molar-refractivity contribution in [2.24, 2.45) is 0 Å². The van der Waals surface area contributed by atoms with Crippen molar-refractivity contribution in [2.75, 3.05) is 26.8 Å². The quantitative estimate of drug-likeness (QED) is 0.198. The third-order valence-corrected chi connectivity index (χ3v) is 7.72. The number of methoxy groups -OCH3 is 1. The van der Waals surface area contributed by atoms with Gasteiger partial charge in [0.05, 0.1) is 37.6 Å². The van der Waals surface area contributed by atoms with Crippen LogP contribution < -0.4 is 15.4 Å². The van der Waals surface area contributed by atoms with Crippen LogP contribution in [-0.4, -0.2) is 96.3 Å². The van der Waals surface area contributed by atoms with Gasteiger partial charge in [-0.15, -0.1) is 0 Å². The molecule has 3 heterocycles. The van der Waals surface area contributed by atoms with Gasteiger partial charge in [0, 0.05) is 13.5 Å². The summed E-state index contributed by atoms with van der Waals surface area (Å²) in [4.78, 5) is 65.8. The lowest BCUT2D eigenvalue weighted by Gasteiger charge is -2.25. The predicted octanol–water partition coefficient (Wildman–Crippen LogP) is 0.495. The topological polar surface area (TPSA) is 173 Å². The van der Waals surface area contributed by atoms with E-state index < -0.39 is 53.7 Å². The summed E-state index contributed by atoms with van der Waals surface area (Å²) < 4.78 is 22.0. The molecule has 0 bridgehead atoms. The lowest BCUT2D eigenvalue weighted by Crippen LogP contribution is -2.49. The van der Waals surface area contributed by atoms with Gasteiger partial charge in [-0.05, 0) is 49.2 Å². The van der Waals surface area contributed by atoms with Crippen molar-refractivity contribution in [3.8, 4) is 5.75 Å². The molecule has 0 saturated carbocycles. The van der Waals surface area contributed by atoms with Crippen molar-refractivity contribution < 1.29 is 48.0 Å². The van der Waals surface area contributed by atoms with E-state index in [2.05, 4.69) is 10.6 Å². The molecule has 0 radical (unpaired) electrons. The van der Waals surface area contributed by atoms with Crippen LogP contribution in [0.25, 0.3) is 10.8 Å². The molecule has 3 aliphatic rings. The summed E-state index contributed by atoms with van der Waals surface area (Å²) in [7, 11) is 1.47. The fraction of sp³-hybridized carbons (Fsp3) is 0.433. The number of ether oxygens (including phenoxy) is 4. The maximum atomic E-state index is 13.8. The third-order valence-electron chi connectivity index (χ3n) is 7.72. The Morgan fingerprint density at radius 1 is 1.16 bits per heavy atom. The monoisotopic (exact) mass is 595 g/mol. The Labute approximate surface area is 247 Å². The Bertz CT molecular complexity index is 1560. The highest BCUT2D eigenvalue weighted by Crippen LogP contribution is 2.42. The van der Waals surface area contributed by atoms with Crippen LogP contribution in [0, 0.1) is 6.92 Å². The lowest BCUT2D eigenvalue weighted by molar-refractivity contribution is -0.148. The summed E-state index contributed by atoms with van der Waals surface area (Å²) >= 11 is 0. The molecule has 3 aliphatic heterocycles. The molecule has 0 aromatic heterocycles. The largest absolute Gasteiger partial charge is 0.497 e. The van der Waals surface area contributed by atoms with E-state index in [0.29, 0.717) is 17.7 Å². The second kappa shape index (κ2) is 11.3. The van der Waals surface area contributed by atoms with Crippen LogP contribution in [0.5, 0.6) is 5.75 Å². The van der Waals surface area contributed by atoms with Gasteiger partial charge < -0.3 is 39.6 Å². The molecule has 3 fully saturated rings. The first kappa shape index (κ1) is 30.0. The number of ketones is 1. The first-order valence-electron chi connectivity index (χ1n) is 13.7. The minimum Gasteiger partial charge on any atom is -0.497 e. The number of carbonyl (C=O) groups is 5. The fourth-order valence-electron chi connectivity index (χ4n) is 5.25. The van der Waals surface area contributed by atoms with Crippen molar-refractivity contribution >= 4 is 40.3 Å². The van der Waals surface area contributed by atoms with E-state index >= 15 is 0 Å². The van der Waals surface area contributed by atoms with E-state index in [9.17, 15) is 29.1 Å². The number of hydrogen-bond acceptors (Lipinski definition) is 11. The minimum atomic E-state index is -1.51. The van der Waals surface area contributed by atoms with E-state index in [0.717, 1.165) is 17.9 Å². The molecular weight excluding hydrogens is 562 g/mol. The van der Waals surface area contributed by atoms with Gasteiger partial charge in [0.25, 0.3) is 11.8 Å². The lowest BCUT2D eigenvalue weighted by atomic mass is 9.99. The molecule has 3 saturated heterocycles. The van der Waals surface area contributed by atoms with Crippen molar-refractivity contribution in [3.63, 3.8) is 0 Å². The third kappa shape index (κ3) is 5.90. The predicted molar refractivity (Wildman–Crippen MR) is 150 cm³/mol. The van der Waals surface area contributed by atoms with E-state index in [-0.39, 0.29) is 35.9 Å². The maximum absolute atomic E-state index is 13.8. The van der Waals surface area contributed by atoms with E-state index in [1.54, 1.807) is 30.0 Å². The standard InChI is InChI=1S/C30H33N3O10/c1-14-7-6-8-18-19(14)9-17(40-5)10-20(18)29(39)43-26(30(4)13-41-30)28(38)32-22(27(37)31-11-15(2)34)23-25(42-16(3)35)24(36)21-12-33(21)23/h6-10,21,24-26,36H,11-13H2,1-5H3,(H,31,37)(H,32,38)/b23-22+/t21?,24-,25-,26-,30+,33?/m1/s1. The number of piperidine rings is 1. The van der Waals surface area contributed by atoms with E-state index in [4.69, 9.17) is 18.9 Å². The number of carbonyl (C=O) groups excluding carboxylic acids is 5.